The van der Waals surface area contributed by atoms with E-state index < -0.39 is 0 Å². The van der Waals surface area contributed by atoms with Gasteiger partial charge in [-0.05, 0) is 30.5 Å². The van der Waals surface area contributed by atoms with Crippen molar-refractivity contribution in [3.05, 3.63) is 47.0 Å². The average Bonchev–Trinajstić information content (AvgIpc) is 3.23. The van der Waals surface area contributed by atoms with E-state index in [1.165, 1.54) is 0 Å². The van der Waals surface area contributed by atoms with Gasteiger partial charge in [-0.15, -0.1) is 0 Å². The van der Waals surface area contributed by atoms with Crippen molar-refractivity contribution in [2.45, 2.75) is 38.3 Å². The smallest absolute Gasteiger partial charge is 0.227 e. The molecule has 0 aliphatic carbocycles. The van der Waals surface area contributed by atoms with Crippen LogP contribution in [-0.2, 0) is 24.2 Å². The van der Waals surface area contributed by atoms with Gasteiger partial charge in [0.2, 0.25) is 5.91 Å². The maximum Gasteiger partial charge on any atom is 0.227 e. The average molecular weight is 382 g/mol. The minimum Gasteiger partial charge on any atom is -0.493 e. The molecule has 2 aliphatic heterocycles. The van der Waals surface area contributed by atoms with Gasteiger partial charge in [0, 0.05) is 43.5 Å². The number of hydrogen-bond donors (Lipinski definition) is 1. The van der Waals surface area contributed by atoms with Gasteiger partial charge >= 0.3 is 0 Å². The highest BCUT2D eigenvalue weighted by Crippen LogP contribution is 2.32. The lowest BCUT2D eigenvalue weighted by Crippen LogP contribution is -2.33. The van der Waals surface area contributed by atoms with Crippen LogP contribution in [0.5, 0.6) is 11.5 Å². The number of likely N-dealkylation sites (tertiary alicyclic amines) is 1. The minimum atomic E-state index is -0.0344. The van der Waals surface area contributed by atoms with E-state index in [2.05, 4.69) is 10.3 Å². The van der Waals surface area contributed by atoms with Crippen LogP contribution in [0.25, 0.3) is 0 Å². The van der Waals surface area contributed by atoms with Gasteiger partial charge in [-0.2, -0.15) is 0 Å². The van der Waals surface area contributed by atoms with Crippen molar-refractivity contribution >= 4 is 5.91 Å². The van der Waals surface area contributed by atoms with Crippen molar-refractivity contribution in [3.8, 4) is 11.5 Å². The van der Waals surface area contributed by atoms with Crippen LogP contribution in [-0.4, -0.2) is 48.1 Å². The Morgan fingerprint density at radius 1 is 1.29 bits per heavy atom. The van der Waals surface area contributed by atoms with Gasteiger partial charge in [0.25, 0.3) is 0 Å². The van der Waals surface area contributed by atoms with Crippen LogP contribution >= 0.6 is 0 Å². The first kappa shape index (κ1) is 18.7. The number of nitrogens with one attached hydrogen (secondary N) is 1. The zero-order chi connectivity index (χ0) is 19.5. The standard InChI is InChI=1S/C21H26N4O3/c1-27-18-6-5-14(10-19(18)28-2)11-20(26)25-9-3-4-17(25)21-23-13-15-12-22-8-7-16(15)24-21/h5-6,10,13,17,22H,3-4,7-9,11-12H2,1-2H3/t17-/m1/s1. The van der Waals surface area contributed by atoms with Crippen molar-refractivity contribution in [2.75, 3.05) is 27.3 Å². The number of nitrogens with zero attached hydrogens (tertiary/aromatic N) is 3. The van der Waals surface area contributed by atoms with Gasteiger partial charge in [-0.1, -0.05) is 6.07 Å². The quantitative estimate of drug-likeness (QED) is 0.853. The molecule has 1 fully saturated rings. The molecular formula is C21H26N4O3. The molecule has 0 saturated carbocycles. The summed E-state index contributed by atoms with van der Waals surface area (Å²) >= 11 is 0. The predicted octanol–water partition coefficient (Wildman–Crippen LogP) is 2.05. The molecule has 1 aromatic carbocycles. The second-order valence-electron chi connectivity index (χ2n) is 7.24. The third-order valence-electron chi connectivity index (χ3n) is 5.50. The summed E-state index contributed by atoms with van der Waals surface area (Å²) < 4.78 is 10.6. The molecule has 7 nitrogen and oxygen atoms in total. The largest absolute Gasteiger partial charge is 0.493 e. The van der Waals surface area contributed by atoms with E-state index in [1.54, 1.807) is 14.2 Å². The van der Waals surface area contributed by atoms with Gasteiger partial charge in [0.15, 0.2) is 17.3 Å². The lowest BCUT2D eigenvalue weighted by Gasteiger charge is -2.25. The van der Waals surface area contributed by atoms with Crippen molar-refractivity contribution in [3.63, 3.8) is 0 Å². The van der Waals surface area contributed by atoms with E-state index in [-0.39, 0.29) is 11.9 Å². The lowest BCUT2D eigenvalue weighted by atomic mass is 10.1. The number of carbonyl (C=O) groups is 1. The highest BCUT2D eigenvalue weighted by atomic mass is 16.5. The molecule has 7 heteroatoms. The molecule has 2 aromatic rings. The maximum absolute atomic E-state index is 13.0. The van der Waals surface area contributed by atoms with Crippen molar-refractivity contribution < 1.29 is 14.3 Å². The SMILES string of the molecule is COc1ccc(CC(=O)N2CCC[C@@H]2c2ncc3c(n2)CCNC3)cc1OC. The molecule has 0 radical (unpaired) electrons. The van der Waals surface area contributed by atoms with Gasteiger partial charge in [0.1, 0.15) is 0 Å². The normalized spacial score (nSPS) is 18.6. The van der Waals surface area contributed by atoms with Crippen molar-refractivity contribution in [1.82, 2.24) is 20.2 Å². The number of hydrogen-bond acceptors (Lipinski definition) is 6. The third kappa shape index (κ3) is 3.67. The Morgan fingerprint density at radius 3 is 2.96 bits per heavy atom. The van der Waals surface area contributed by atoms with E-state index in [1.807, 2.05) is 29.3 Å². The molecule has 1 amide bonds. The molecule has 28 heavy (non-hydrogen) atoms. The molecule has 3 heterocycles. The van der Waals surface area contributed by atoms with Crippen molar-refractivity contribution in [1.29, 1.82) is 0 Å². The van der Waals surface area contributed by atoms with Gasteiger partial charge in [-0.25, -0.2) is 9.97 Å². The molecule has 0 bridgehead atoms. The number of ether oxygens (including phenoxy) is 2. The summed E-state index contributed by atoms with van der Waals surface area (Å²) in [7, 11) is 3.20. The summed E-state index contributed by atoms with van der Waals surface area (Å²) in [5, 5.41) is 3.34. The van der Waals surface area contributed by atoms with Gasteiger partial charge in [0.05, 0.1) is 26.7 Å². The lowest BCUT2D eigenvalue weighted by molar-refractivity contribution is -0.131. The minimum absolute atomic E-state index is 0.0344. The van der Waals surface area contributed by atoms with Crippen LogP contribution < -0.4 is 14.8 Å². The summed E-state index contributed by atoms with van der Waals surface area (Å²) in [5.41, 5.74) is 3.19. The predicted molar refractivity (Wildman–Crippen MR) is 104 cm³/mol. The Bertz CT molecular complexity index is 871. The first-order valence-corrected chi connectivity index (χ1v) is 9.75. The van der Waals surface area contributed by atoms with Crippen LogP contribution in [0.2, 0.25) is 0 Å². The van der Waals surface area contributed by atoms with E-state index >= 15 is 0 Å². The summed E-state index contributed by atoms with van der Waals surface area (Å²) in [6.07, 6.45) is 5.04. The zero-order valence-corrected chi connectivity index (χ0v) is 16.4. The molecule has 1 N–H and O–H groups in total. The van der Waals surface area contributed by atoms with Gasteiger partial charge < -0.3 is 19.7 Å². The van der Waals surface area contributed by atoms with E-state index in [0.29, 0.717) is 17.9 Å². The molecule has 2 aliphatic rings. The molecule has 1 saturated heterocycles. The maximum atomic E-state index is 13.0. The number of fused-ring (bicyclic) bond motifs is 1. The number of amides is 1. The fraction of sp³-hybridized carbons (Fsp3) is 0.476. The first-order chi connectivity index (χ1) is 13.7. The first-order valence-electron chi connectivity index (χ1n) is 9.75. The third-order valence-corrected chi connectivity index (χ3v) is 5.50. The van der Waals surface area contributed by atoms with E-state index in [9.17, 15) is 4.79 Å². The Kier molecular flexibility index (Phi) is 5.43. The van der Waals surface area contributed by atoms with E-state index in [0.717, 1.165) is 61.5 Å². The molecule has 0 unspecified atom stereocenters. The Balaban J connectivity index is 1.51. The molecule has 0 spiro atoms. The number of aromatic nitrogens is 2. The fourth-order valence-corrected chi connectivity index (χ4v) is 4.01. The number of methoxy groups -OCH3 is 2. The number of carbonyl (C=O) groups excluding carboxylic acids is 1. The van der Waals surface area contributed by atoms with E-state index in [4.69, 9.17) is 14.5 Å². The fourth-order valence-electron chi connectivity index (χ4n) is 4.01. The highest BCUT2D eigenvalue weighted by Gasteiger charge is 2.32. The second-order valence-corrected chi connectivity index (χ2v) is 7.24. The topological polar surface area (TPSA) is 76.6 Å². The summed E-state index contributed by atoms with van der Waals surface area (Å²) in [6.45, 7) is 2.51. The summed E-state index contributed by atoms with van der Waals surface area (Å²) in [6, 6.07) is 5.58. The van der Waals surface area contributed by atoms with Crippen LogP contribution in [0.1, 0.15) is 41.5 Å². The number of benzene rings is 1. The highest BCUT2D eigenvalue weighted by molar-refractivity contribution is 5.79. The van der Waals surface area contributed by atoms with Crippen molar-refractivity contribution in [2.24, 2.45) is 0 Å². The van der Waals surface area contributed by atoms with Crippen LogP contribution in [0.3, 0.4) is 0 Å². The Hall–Kier alpha value is -2.67. The van der Waals surface area contributed by atoms with Crippen LogP contribution in [0.15, 0.2) is 24.4 Å². The second kappa shape index (κ2) is 8.14. The molecular weight excluding hydrogens is 356 g/mol. The molecule has 1 aromatic heterocycles. The van der Waals surface area contributed by atoms with Crippen LogP contribution in [0, 0.1) is 0 Å². The van der Waals surface area contributed by atoms with Crippen LogP contribution in [0.4, 0.5) is 0 Å². The molecule has 148 valence electrons. The Labute approximate surface area is 165 Å². The number of rotatable bonds is 5. The molecule has 4 rings (SSSR count). The van der Waals surface area contributed by atoms with Gasteiger partial charge in [-0.3, -0.25) is 4.79 Å². The summed E-state index contributed by atoms with van der Waals surface area (Å²) in [5.74, 6) is 2.17. The zero-order valence-electron chi connectivity index (χ0n) is 16.4. The summed E-state index contributed by atoms with van der Waals surface area (Å²) in [4.78, 5) is 24.3. The Morgan fingerprint density at radius 2 is 2.14 bits per heavy atom. The molecule has 1 atom stereocenters. The monoisotopic (exact) mass is 382 g/mol.